The lowest BCUT2D eigenvalue weighted by atomic mass is 10.0. The highest BCUT2D eigenvalue weighted by Crippen LogP contribution is 2.34. The Morgan fingerprint density at radius 1 is 1.43 bits per heavy atom. The number of aromatic nitrogens is 1. The summed E-state index contributed by atoms with van der Waals surface area (Å²) in [6.45, 7) is 3.38. The molecule has 0 radical (unpaired) electrons. The van der Waals surface area contributed by atoms with Crippen LogP contribution in [0.3, 0.4) is 0 Å². The number of aryl methyl sites for hydroxylation is 1. The molecule has 1 aromatic carbocycles. The molecular weight excluding hydrogens is 268 g/mol. The molecule has 21 heavy (non-hydrogen) atoms. The zero-order valence-corrected chi connectivity index (χ0v) is 12.4. The summed E-state index contributed by atoms with van der Waals surface area (Å²) in [7, 11) is 1.67. The third kappa shape index (κ3) is 3.03. The Morgan fingerprint density at radius 3 is 3.10 bits per heavy atom. The maximum atomic E-state index is 5.69. The maximum absolute atomic E-state index is 5.69. The minimum Gasteiger partial charge on any atom is -0.497 e. The quantitative estimate of drug-likeness (QED) is 0.917. The van der Waals surface area contributed by atoms with Gasteiger partial charge in [0.05, 0.1) is 26.5 Å². The number of benzene rings is 1. The fourth-order valence-corrected chi connectivity index (χ4v) is 2.52. The van der Waals surface area contributed by atoms with Crippen LogP contribution in [0.4, 0.5) is 0 Å². The summed E-state index contributed by atoms with van der Waals surface area (Å²) >= 11 is 0. The van der Waals surface area contributed by atoms with E-state index in [0.717, 1.165) is 41.6 Å². The van der Waals surface area contributed by atoms with Crippen LogP contribution in [0.25, 0.3) is 0 Å². The first kappa shape index (κ1) is 13.9. The molecule has 0 saturated heterocycles. The van der Waals surface area contributed by atoms with E-state index in [2.05, 4.69) is 17.2 Å². The summed E-state index contributed by atoms with van der Waals surface area (Å²) in [5.41, 5.74) is 1.13. The van der Waals surface area contributed by atoms with E-state index in [1.165, 1.54) is 0 Å². The van der Waals surface area contributed by atoms with Gasteiger partial charge in [0, 0.05) is 24.4 Å². The number of methoxy groups -OCH3 is 1. The summed E-state index contributed by atoms with van der Waals surface area (Å²) in [4.78, 5) is 4.28. The molecule has 0 bridgehead atoms. The largest absolute Gasteiger partial charge is 0.497 e. The molecule has 1 aliphatic heterocycles. The lowest BCUT2D eigenvalue weighted by Crippen LogP contribution is -2.26. The molecule has 0 spiro atoms. The molecule has 2 aromatic rings. The first-order valence-electron chi connectivity index (χ1n) is 7.28. The average Bonchev–Trinajstić information content (AvgIpc) is 3.00. The maximum Gasteiger partial charge on any atom is 0.208 e. The molecule has 2 heterocycles. The Bertz CT molecular complexity index is 609. The number of nitrogens with one attached hydrogen (secondary N) is 1. The predicted molar refractivity (Wildman–Crippen MR) is 78.6 cm³/mol. The van der Waals surface area contributed by atoms with E-state index in [9.17, 15) is 0 Å². The minimum atomic E-state index is 0.223. The molecule has 1 atom stereocenters. The number of oxazole rings is 1. The van der Waals surface area contributed by atoms with Gasteiger partial charge in [0.2, 0.25) is 5.89 Å². The van der Waals surface area contributed by atoms with Crippen molar-refractivity contribution in [3.63, 3.8) is 0 Å². The van der Waals surface area contributed by atoms with E-state index in [4.69, 9.17) is 13.9 Å². The second kappa shape index (κ2) is 6.18. The third-order valence-electron chi connectivity index (χ3n) is 3.71. The van der Waals surface area contributed by atoms with Crippen LogP contribution < -0.4 is 14.8 Å². The van der Waals surface area contributed by atoms with Gasteiger partial charge in [-0.25, -0.2) is 4.98 Å². The Kier molecular flexibility index (Phi) is 4.10. The topological polar surface area (TPSA) is 56.5 Å². The molecule has 0 amide bonds. The van der Waals surface area contributed by atoms with Crippen molar-refractivity contribution in [1.82, 2.24) is 10.3 Å². The second-order valence-electron chi connectivity index (χ2n) is 5.05. The predicted octanol–water partition coefficient (Wildman–Crippen LogP) is 2.86. The highest BCUT2D eigenvalue weighted by atomic mass is 16.5. The lowest BCUT2D eigenvalue weighted by molar-refractivity contribution is 0.248. The molecular formula is C16H20N2O3. The summed E-state index contributed by atoms with van der Waals surface area (Å²) in [5.74, 6) is 3.40. The van der Waals surface area contributed by atoms with Crippen LogP contribution in [0, 0.1) is 0 Å². The van der Waals surface area contributed by atoms with Crippen LogP contribution in [-0.2, 0) is 13.0 Å². The number of nitrogens with zero attached hydrogens (tertiary/aromatic N) is 1. The molecule has 5 heteroatoms. The van der Waals surface area contributed by atoms with Gasteiger partial charge in [-0.2, -0.15) is 0 Å². The Labute approximate surface area is 124 Å². The van der Waals surface area contributed by atoms with Crippen molar-refractivity contribution >= 4 is 0 Å². The van der Waals surface area contributed by atoms with Gasteiger partial charge in [0.15, 0.2) is 0 Å². The normalized spacial score (nSPS) is 17.1. The van der Waals surface area contributed by atoms with E-state index in [1.54, 1.807) is 13.3 Å². The van der Waals surface area contributed by atoms with Crippen LogP contribution >= 0.6 is 0 Å². The van der Waals surface area contributed by atoms with Gasteiger partial charge in [-0.15, -0.1) is 0 Å². The van der Waals surface area contributed by atoms with Crippen molar-refractivity contribution in [2.45, 2.75) is 32.4 Å². The monoisotopic (exact) mass is 288 g/mol. The van der Waals surface area contributed by atoms with Gasteiger partial charge in [0.1, 0.15) is 17.3 Å². The van der Waals surface area contributed by atoms with Gasteiger partial charge >= 0.3 is 0 Å². The Hall–Kier alpha value is -2.01. The molecule has 1 N–H and O–H groups in total. The van der Waals surface area contributed by atoms with Gasteiger partial charge in [-0.05, 0) is 18.2 Å². The molecule has 0 aliphatic carbocycles. The average molecular weight is 288 g/mol. The number of hydrogen-bond donors (Lipinski definition) is 1. The van der Waals surface area contributed by atoms with Gasteiger partial charge < -0.3 is 19.2 Å². The van der Waals surface area contributed by atoms with Crippen LogP contribution in [0.1, 0.15) is 36.6 Å². The fraction of sp³-hybridized carbons (Fsp3) is 0.438. The van der Waals surface area contributed by atoms with Crippen molar-refractivity contribution < 1.29 is 13.9 Å². The fourth-order valence-electron chi connectivity index (χ4n) is 2.52. The molecule has 1 aromatic heterocycles. The second-order valence-corrected chi connectivity index (χ2v) is 5.05. The van der Waals surface area contributed by atoms with Gasteiger partial charge in [-0.1, -0.05) is 6.92 Å². The first-order valence-corrected chi connectivity index (χ1v) is 7.28. The highest BCUT2D eigenvalue weighted by Gasteiger charge is 2.22. The van der Waals surface area contributed by atoms with Crippen molar-refractivity contribution in [2.24, 2.45) is 0 Å². The SMILES string of the molecule is CCc1cnc(CNC2CCOc3ccc(OC)cc32)o1. The number of rotatable bonds is 5. The Balaban J connectivity index is 1.72. The smallest absolute Gasteiger partial charge is 0.208 e. The van der Waals surface area contributed by atoms with E-state index in [0.29, 0.717) is 13.2 Å². The number of hydrogen-bond acceptors (Lipinski definition) is 5. The first-order chi connectivity index (χ1) is 10.3. The zero-order chi connectivity index (χ0) is 14.7. The van der Waals surface area contributed by atoms with Crippen molar-refractivity contribution in [3.8, 4) is 11.5 Å². The third-order valence-corrected chi connectivity index (χ3v) is 3.71. The highest BCUT2D eigenvalue weighted by molar-refractivity contribution is 5.43. The minimum absolute atomic E-state index is 0.223. The molecule has 3 rings (SSSR count). The van der Waals surface area contributed by atoms with E-state index < -0.39 is 0 Å². The molecule has 0 fully saturated rings. The molecule has 0 saturated carbocycles. The van der Waals surface area contributed by atoms with Crippen LogP contribution in [0.2, 0.25) is 0 Å². The van der Waals surface area contributed by atoms with Crippen LogP contribution in [0.5, 0.6) is 11.5 Å². The van der Waals surface area contributed by atoms with E-state index in [1.807, 2.05) is 18.2 Å². The summed E-state index contributed by atoms with van der Waals surface area (Å²) in [5, 5.41) is 3.49. The molecule has 1 unspecified atom stereocenters. The number of fused-ring (bicyclic) bond motifs is 1. The molecule has 5 nitrogen and oxygen atoms in total. The van der Waals surface area contributed by atoms with Gasteiger partial charge in [-0.3, -0.25) is 0 Å². The zero-order valence-electron chi connectivity index (χ0n) is 12.4. The van der Waals surface area contributed by atoms with Gasteiger partial charge in [0.25, 0.3) is 0 Å². The summed E-state index contributed by atoms with van der Waals surface area (Å²) < 4.78 is 16.6. The summed E-state index contributed by atoms with van der Waals surface area (Å²) in [6, 6.07) is 6.13. The molecule has 112 valence electrons. The van der Waals surface area contributed by atoms with Crippen molar-refractivity contribution in [1.29, 1.82) is 0 Å². The number of ether oxygens (including phenoxy) is 2. The standard InChI is InChI=1S/C16H20N2O3/c1-3-11-9-18-16(21-11)10-17-14-6-7-20-15-5-4-12(19-2)8-13(14)15/h4-5,8-9,14,17H,3,6-7,10H2,1-2H3. The van der Waals surface area contributed by atoms with E-state index >= 15 is 0 Å². The van der Waals surface area contributed by atoms with Crippen molar-refractivity contribution in [2.75, 3.05) is 13.7 Å². The van der Waals surface area contributed by atoms with Crippen LogP contribution in [0.15, 0.2) is 28.8 Å². The van der Waals surface area contributed by atoms with Crippen LogP contribution in [-0.4, -0.2) is 18.7 Å². The Morgan fingerprint density at radius 2 is 2.33 bits per heavy atom. The summed E-state index contributed by atoms with van der Waals surface area (Å²) in [6.07, 6.45) is 3.57. The molecule has 1 aliphatic rings. The lowest BCUT2D eigenvalue weighted by Gasteiger charge is -2.26. The van der Waals surface area contributed by atoms with E-state index in [-0.39, 0.29) is 6.04 Å². The van der Waals surface area contributed by atoms with Crippen molar-refractivity contribution in [3.05, 3.63) is 41.6 Å².